The number of carbonyl (C=O) groups is 1. The number of carboxylic acids is 1. The van der Waals surface area contributed by atoms with Crippen LogP contribution in [-0.2, 0) is 16.6 Å². The average molecular weight is 413 g/mol. The second-order valence-corrected chi connectivity index (χ2v) is 7.89. The Labute approximate surface area is 167 Å². The standard InChI is InChI=1S/C20H19N3O5S/c1-14(22-23-17-8-4-16(5-9-17)20(24)25)15-6-10-19(11-7-15)29(26,27)21-13-18-3-2-12-28-18/h2-12,21,23H,13H2,1H3,(H,24,25)/b22-14+. The summed E-state index contributed by atoms with van der Waals surface area (Å²) in [5.74, 6) is -0.472. The van der Waals surface area contributed by atoms with E-state index in [4.69, 9.17) is 9.52 Å². The van der Waals surface area contributed by atoms with Gasteiger partial charge in [-0.3, -0.25) is 5.43 Å². The van der Waals surface area contributed by atoms with Crippen molar-refractivity contribution in [3.05, 3.63) is 83.8 Å². The lowest BCUT2D eigenvalue weighted by atomic mass is 10.1. The zero-order valence-electron chi connectivity index (χ0n) is 15.5. The van der Waals surface area contributed by atoms with Gasteiger partial charge in [0.15, 0.2) is 0 Å². The number of hydrazone groups is 1. The normalized spacial score (nSPS) is 12.0. The van der Waals surface area contributed by atoms with E-state index in [0.717, 1.165) is 5.56 Å². The fourth-order valence-corrected chi connectivity index (χ4v) is 3.43. The van der Waals surface area contributed by atoms with Crippen molar-refractivity contribution in [1.82, 2.24) is 4.72 Å². The summed E-state index contributed by atoms with van der Waals surface area (Å²) in [7, 11) is -3.66. The molecule has 9 heteroatoms. The third-order valence-electron chi connectivity index (χ3n) is 4.08. The number of nitrogens with zero attached hydrogens (tertiary/aromatic N) is 1. The number of sulfonamides is 1. The first-order valence-electron chi connectivity index (χ1n) is 8.61. The van der Waals surface area contributed by atoms with Gasteiger partial charge in [-0.25, -0.2) is 17.9 Å². The summed E-state index contributed by atoms with van der Waals surface area (Å²) in [5, 5.41) is 13.1. The van der Waals surface area contributed by atoms with E-state index in [2.05, 4.69) is 15.2 Å². The fourth-order valence-electron chi connectivity index (χ4n) is 2.44. The molecule has 1 heterocycles. The molecular weight excluding hydrogens is 394 g/mol. The molecule has 0 aliphatic carbocycles. The molecule has 29 heavy (non-hydrogen) atoms. The molecule has 3 aromatic rings. The Morgan fingerprint density at radius 2 is 1.69 bits per heavy atom. The topological polar surface area (TPSA) is 121 Å². The lowest BCUT2D eigenvalue weighted by Crippen LogP contribution is -2.23. The summed E-state index contributed by atoms with van der Waals surface area (Å²) in [4.78, 5) is 11.0. The van der Waals surface area contributed by atoms with E-state index >= 15 is 0 Å². The Morgan fingerprint density at radius 1 is 1.03 bits per heavy atom. The lowest BCUT2D eigenvalue weighted by Gasteiger charge is -2.07. The van der Waals surface area contributed by atoms with Gasteiger partial charge in [0.1, 0.15) is 5.76 Å². The highest BCUT2D eigenvalue weighted by atomic mass is 32.2. The molecule has 1 aromatic heterocycles. The number of hydrogen-bond donors (Lipinski definition) is 3. The van der Waals surface area contributed by atoms with Gasteiger partial charge in [-0.15, -0.1) is 0 Å². The first kappa shape index (κ1) is 20.3. The van der Waals surface area contributed by atoms with Gasteiger partial charge >= 0.3 is 5.97 Å². The molecule has 0 amide bonds. The van der Waals surface area contributed by atoms with Crippen molar-refractivity contribution in [1.29, 1.82) is 0 Å². The van der Waals surface area contributed by atoms with Gasteiger partial charge in [-0.05, 0) is 61.0 Å². The van der Waals surface area contributed by atoms with Gasteiger partial charge in [0.05, 0.1) is 34.7 Å². The monoisotopic (exact) mass is 413 g/mol. The summed E-state index contributed by atoms with van der Waals surface area (Å²) in [6, 6.07) is 15.9. The van der Waals surface area contributed by atoms with E-state index in [1.807, 2.05) is 0 Å². The van der Waals surface area contributed by atoms with Crippen LogP contribution in [0.15, 0.2) is 81.3 Å². The lowest BCUT2D eigenvalue weighted by molar-refractivity contribution is 0.0697. The Bertz CT molecular complexity index is 1100. The first-order chi connectivity index (χ1) is 13.8. The van der Waals surface area contributed by atoms with Crippen molar-refractivity contribution in [2.45, 2.75) is 18.4 Å². The zero-order chi connectivity index (χ0) is 20.9. The first-order valence-corrected chi connectivity index (χ1v) is 10.1. The van der Waals surface area contributed by atoms with Crippen LogP contribution in [0.3, 0.4) is 0 Å². The average Bonchev–Trinajstić information content (AvgIpc) is 3.25. The molecule has 0 atom stereocenters. The molecule has 0 saturated carbocycles. The maximum atomic E-state index is 12.4. The number of carboxylic acid groups (broad SMARTS) is 1. The highest BCUT2D eigenvalue weighted by Crippen LogP contribution is 2.14. The van der Waals surface area contributed by atoms with Gasteiger partial charge in [-0.2, -0.15) is 5.10 Å². The molecule has 8 nitrogen and oxygen atoms in total. The maximum Gasteiger partial charge on any atom is 0.335 e. The molecule has 0 fully saturated rings. The van der Waals surface area contributed by atoms with E-state index in [9.17, 15) is 13.2 Å². The molecule has 3 rings (SSSR count). The summed E-state index contributed by atoms with van der Waals surface area (Å²) in [6.45, 7) is 1.85. The molecule has 150 valence electrons. The number of aromatic carboxylic acids is 1. The van der Waals surface area contributed by atoms with E-state index in [0.29, 0.717) is 17.2 Å². The number of nitrogens with one attached hydrogen (secondary N) is 2. The summed E-state index contributed by atoms with van der Waals surface area (Å²) in [6.07, 6.45) is 1.48. The van der Waals surface area contributed by atoms with Crippen LogP contribution < -0.4 is 10.1 Å². The van der Waals surface area contributed by atoms with Crippen molar-refractivity contribution in [2.75, 3.05) is 5.43 Å². The minimum Gasteiger partial charge on any atom is -0.478 e. The molecule has 2 aromatic carbocycles. The van der Waals surface area contributed by atoms with Crippen LogP contribution in [0.2, 0.25) is 0 Å². The van der Waals surface area contributed by atoms with Crippen molar-refractivity contribution in [3.63, 3.8) is 0 Å². The number of rotatable bonds is 8. The second kappa shape index (κ2) is 8.72. The van der Waals surface area contributed by atoms with E-state index in [1.54, 1.807) is 43.3 Å². The molecule has 0 spiro atoms. The van der Waals surface area contributed by atoms with Crippen molar-refractivity contribution in [3.8, 4) is 0 Å². The molecule has 0 bridgehead atoms. The largest absolute Gasteiger partial charge is 0.478 e. The SMILES string of the molecule is C/C(=N\Nc1ccc(C(=O)O)cc1)c1ccc(S(=O)(=O)NCc2ccco2)cc1. The van der Waals surface area contributed by atoms with Gasteiger partial charge in [0.25, 0.3) is 0 Å². The molecular formula is C20H19N3O5S. The molecule has 3 N–H and O–H groups in total. The smallest absolute Gasteiger partial charge is 0.335 e. The van der Waals surface area contributed by atoms with Crippen molar-refractivity contribution >= 4 is 27.4 Å². The third kappa shape index (κ3) is 5.31. The van der Waals surface area contributed by atoms with Crippen LogP contribution in [0.1, 0.15) is 28.6 Å². The van der Waals surface area contributed by atoms with Crippen LogP contribution in [0.4, 0.5) is 5.69 Å². The van der Waals surface area contributed by atoms with Crippen LogP contribution in [0.5, 0.6) is 0 Å². The van der Waals surface area contributed by atoms with Crippen LogP contribution >= 0.6 is 0 Å². The zero-order valence-corrected chi connectivity index (χ0v) is 16.3. The summed E-state index contributed by atoms with van der Waals surface area (Å²) < 4.78 is 32.3. The molecule has 0 radical (unpaired) electrons. The minimum atomic E-state index is -3.66. The Morgan fingerprint density at radius 3 is 2.28 bits per heavy atom. The molecule has 0 aliphatic rings. The number of anilines is 1. The van der Waals surface area contributed by atoms with E-state index < -0.39 is 16.0 Å². The summed E-state index contributed by atoms with van der Waals surface area (Å²) in [5.41, 5.74) is 5.05. The highest BCUT2D eigenvalue weighted by Gasteiger charge is 2.14. The van der Waals surface area contributed by atoms with Gasteiger partial charge in [0, 0.05) is 0 Å². The highest BCUT2D eigenvalue weighted by molar-refractivity contribution is 7.89. The maximum absolute atomic E-state index is 12.4. The second-order valence-electron chi connectivity index (χ2n) is 6.12. The van der Waals surface area contributed by atoms with Gasteiger partial charge < -0.3 is 9.52 Å². The number of furan rings is 1. The van der Waals surface area contributed by atoms with Crippen LogP contribution in [0, 0.1) is 0 Å². The Balaban J connectivity index is 1.65. The van der Waals surface area contributed by atoms with Crippen LogP contribution in [0.25, 0.3) is 0 Å². The van der Waals surface area contributed by atoms with Gasteiger partial charge in [0.2, 0.25) is 10.0 Å². The summed E-state index contributed by atoms with van der Waals surface area (Å²) >= 11 is 0. The quantitative estimate of drug-likeness (QED) is 0.385. The molecule has 0 unspecified atom stereocenters. The van der Waals surface area contributed by atoms with E-state index in [1.165, 1.54) is 30.5 Å². The number of benzene rings is 2. The Kier molecular flexibility index (Phi) is 6.10. The Hall–Kier alpha value is -3.43. The predicted molar refractivity (Wildman–Crippen MR) is 108 cm³/mol. The third-order valence-corrected chi connectivity index (χ3v) is 5.50. The molecule has 0 aliphatic heterocycles. The fraction of sp³-hybridized carbons (Fsp3) is 0.100. The van der Waals surface area contributed by atoms with Crippen molar-refractivity contribution < 1.29 is 22.7 Å². The van der Waals surface area contributed by atoms with Gasteiger partial charge in [-0.1, -0.05) is 12.1 Å². The van der Waals surface area contributed by atoms with Crippen molar-refractivity contribution in [2.24, 2.45) is 5.10 Å². The minimum absolute atomic E-state index is 0.0716. The van der Waals surface area contributed by atoms with Crippen LogP contribution in [-0.4, -0.2) is 25.2 Å². The molecule has 0 saturated heterocycles. The number of hydrogen-bond acceptors (Lipinski definition) is 6. The predicted octanol–water partition coefficient (Wildman–Crippen LogP) is 3.29. The van der Waals surface area contributed by atoms with E-state index in [-0.39, 0.29) is 17.0 Å².